The minimum absolute atomic E-state index is 0.0560. The Bertz CT molecular complexity index is 1060. The summed E-state index contributed by atoms with van der Waals surface area (Å²) < 4.78 is 28.0. The number of nitrogens with two attached hydrogens (primary N) is 1. The van der Waals surface area contributed by atoms with Crippen LogP contribution in [0.15, 0.2) is 65.6 Å². The first-order chi connectivity index (χ1) is 12.3. The van der Waals surface area contributed by atoms with Crippen LogP contribution in [0.3, 0.4) is 0 Å². The van der Waals surface area contributed by atoms with Crippen LogP contribution in [0, 0.1) is 6.92 Å². The van der Waals surface area contributed by atoms with E-state index >= 15 is 0 Å². The topological polar surface area (TPSA) is 101 Å². The Morgan fingerprint density at radius 3 is 2.38 bits per heavy atom. The van der Waals surface area contributed by atoms with Gasteiger partial charge in [0, 0.05) is 5.69 Å². The molecular weight excluding hydrogens is 372 g/mol. The molecule has 0 aliphatic carbocycles. The number of carbonyl (C=O) groups is 1. The third-order valence-electron chi connectivity index (χ3n) is 3.72. The molecule has 0 saturated heterocycles. The number of aryl methyl sites for hydroxylation is 1. The average molecular weight is 388 g/mol. The smallest absolute Gasteiger partial charge is 0.345 e. The van der Waals surface area contributed by atoms with Crippen LogP contribution < -0.4 is 10.0 Å². The van der Waals surface area contributed by atoms with Crippen LogP contribution in [0.4, 0.5) is 16.4 Å². The van der Waals surface area contributed by atoms with Gasteiger partial charge in [0.15, 0.2) is 0 Å². The van der Waals surface area contributed by atoms with E-state index in [1.807, 2.05) is 0 Å². The standard InChI is InChI=1S/C18H16N2O4S2/c1-12-7-8-13(19)11-16(12)26(23,24)20(14-5-3-2-4-6-14)17-10-9-15(25-17)18(21)22/h2-11H,19H2,1H3,(H,21,22). The zero-order valence-corrected chi connectivity index (χ0v) is 15.4. The molecule has 0 bridgehead atoms. The number of carboxylic acid groups (broad SMARTS) is 1. The Labute approximate surface area is 155 Å². The first-order valence-electron chi connectivity index (χ1n) is 7.60. The molecule has 1 heterocycles. The van der Waals surface area contributed by atoms with Crippen LogP contribution in [0.2, 0.25) is 0 Å². The maximum absolute atomic E-state index is 13.4. The molecule has 0 atom stereocenters. The summed E-state index contributed by atoms with van der Waals surface area (Å²) in [6.45, 7) is 1.69. The Hall–Kier alpha value is -2.84. The fraction of sp³-hybridized carbons (Fsp3) is 0.0556. The van der Waals surface area contributed by atoms with E-state index in [4.69, 9.17) is 5.73 Å². The van der Waals surface area contributed by atoms with Gasteiger partial charge in [0.05, 0.1) is 10.6 Å². The summed E-state index contributed by atoms with van der Waals surface area (Å²) in [5.74, 6) is -1.10. The zero-order chi connectivity index (χ0) is 18.9. The second-order valence-electron chi connectivity index (χ2n) is 5.57. The predicted molar refractivity (Wildman–Crippen MR) is 103 cm³/mol. The quantitative estimate of drug-likeness (QED) is 0.646. The maximum Gasteiger partial charge on any atom is 0.345 e. The molecule has 3 aromatic rings. The van der Waals surface area contributed by atoms with E-state index in [2.05, 4.69) is 0 Å². The Morgan fingerprint density at radius 2 is 1.77 bits per heavy atom. The molecule has 3 N–H and O–H groups in total. The normalized spacial score (nSPS) is 11.3. The van der Waals surface area contributed by atoms with Gasteiger partial charge in [-0.3, -0.25) is 0 Å². The number of para-hydroxylation sites is 1. The summed E-state index contributed by atoms with van der Waals surface area (Å²) in [5.41, 5.74) is 7.08. The van der Waals surface area contributed by atoms with Crippen LogP contribution in [0.1, 0.15) is 15.2 Å². The summed E-state index contributed by atoms with van der Waals surface area (Å²) in [4.78, 5) is 11.3. The molecule has 3 rings (SSSR count). The van der Waals surface area contributed by atoms with Crippen molar-refractivity contribution in [3.05, 3.63) is 71.1 Å². The largest absolute Gasteiger partial charge is 0.477 e. The molecule has 26 heavy (non-hydrogen) atoms. The molecule has 0 fully saturated rings. The molecular formula is C18H16N2O4S2. The van der Waals surface area contributed by atoms with E-state index in [1.54, 1.807) is 49.4 Å². The number of thiophene rings is 1. The minimum Gasteiger partial charge on any atom is -0.477 e. The lowest BCUT2D eigenvalue weighted by Crippen LogP contribution is -2.26. The second-order valence-corrected chi connectivity index (χ2v) is 8.39. The molecule has 2 aromatic carbocycles. The van der Waals surface area contributed by atoms with Crippen molar-refractivity contribution in [1.29, 1.82) is 0 Å². The number of benzene rings is 2. The second kappa shape index (κ2) is 6.81. The summed E-state index contributed by atoms with van der Waals surface area (Å²) in [7, 11) is -4.00. The number of rotatable bonds is 5. The molecule has 0 spiro atoms. The average Bonchev–Trinajstić information content (AvgIpc) is 3.07. The van der Waals surface area contributed by atoms with Gasteiger partial charge in [0.25, 0.3) is 10.0 Å². The van der Waals surface area contributed by atoms with E-state index in [1.165, 1.54) is 18.2 Å². The van der Waals surface area contributed by atoms with Crippen molar-refractivity contribution in [2.45, 2.75) is 11.8 Å². The van der Waals surface area contributed by atoms with Crippen molar-refractivity contribution in [2.24, 2.45) is 0 Å². The lowest BCUT2D eigenvalue weighted by molar-refractivity contribution is 0.0702. The van der Waals surface area contributed by atoms with E-state index in [0.717, 1.165) is 15.6 Å². The third kappa shape index (κ3) is 3.29. The summed E-state index contributed by atoms with van der Waals surface area (Å²) >= 11 is 0.891. The van der Waals surface area contributed by atoms with Gasteiger partial charge in [0.2, 0.25) is 0 Å². The fourth-order valence-corrected chi connectivity index (χ4v) is 5.33. The van der Waals surface area contributed by atoms with Crippen molar-refractivity contribution in [3.8, 4) is 0 Å². The third-order valence-corrected chi connectivity index (χ3v) is 6.78. The van der Waals surface area contributed by atoms with Gasteiger partial charge >= 0.3 is 5.97 Å². The summed E-state index contributed by atoms with van der Waals surface area (Å²) in [6.07, 6.45) is 0. The number of hydrogen-bond donors (Lipinski definition) is 2. The molecule has 134 valence electrons. The van der Waals surface area contributed by atoms with Gasteiger partial charge < -0.3 is 10.8 Å². The SMILES string of the molecule is Cc1ccc(N)cc1S(=O)(=O)N(c1ccccc1)c1ccc(C(=O)O)s1. The van der Waals surface area contributed by atoms with Crippen molar-refractivity contribution in [1.82, 2.24) is 0 Å². The van der Waals surface area contributed by atoms with Gasteiger partial charge in [-0.25, -0.2) is 17.5 Å². The fourth-order valence-electron chi connectivity index (χ4n) is 2.49. The van der Waals surface area contributed by atoms with Crippen molar-refractivity contribution in [2.75, 3.05) is 10.0 Å². The number of anilines is 3. The number of aromatic carboxylic acids is 1. The molecule has 0 radical (unpaired) electrons. The minimum atomic E-state index is -4.00. The molecule has 0 amide bonds. The molecule has 8 heteroatoms. The lowest BCUT2D eigenvalue weighted by Gasteiger charge is -2.24. The first-order valence-corrected chi connectivity index (χ1v) is 9.86. The zero-order valence-electron chi connectivity index (χ0n) is 13.8. The van der Waals surface area contributed by atoms with Crippen molar-refractivity contribution >= 4 is 43.7 Å². The van der Waals surface area contributed by atoms with E-state index in [9.17, 15) is 18.3 Å². The predicted octanol–water partition coefficient (Wildman–Crippen LogP) is 3.86. The van der Waals surface area contributed by atoms with Crippen LogP contribution in [0.25, 0.3) is 0 Å². The van der Waals surface area contributed by atoms with Crippen LogP contribution >= 0.6 is 11.3 Å². The van der Waals surface area contributed by atoms with Gasteiger partial charge in [0.1, 0.15) is 9.88 Å². The highest BCUT2D eigenvalue weighted by Gasteiger charge is 2.30. The Balaban J connectivity index is 2.23. The van der Waals surface area contributed by atoms with Crippen LogP contribution in [-0.4, -0.2) is 19.5 Å². The number of carboxylic acids is 1. The van der Waals surface area contributed by atoms with E-state index in [0.29, 0.717) is 16.9 Å². The number of sulfonamides is 1. The molecule has 0 aliphatic rings. The van der Waals surface area contributed by atoms with Crippen molar-refractivity contribution < 1.29 is 18.3 Å². The van der Waals surface area contributed by atoms with Gasteiger partial charge in [-0.1, -0.05) is 24.3 Å². The molecule has 6 nitrogen and oxygen atoms in total. The number of nitrogen functional groups attached to an aromatic ring is 1. The first kappa shape index (κ1) is 18.0. The number of nitrogens with zero attached hydrogens (tertiary/aromatic N) is 1. The summed E-state index contributed by atoms with van der Waals surface area (Å²) in [6, 6.07) is 16.1. The monoisotopic (exact) mass is 388 g/mol. The highest BCUT2D eigenvalue weighted by atomic mass is 32.2. The maximum atomic E-state index is 13.4. The van der Waals surface area contributed by atoms with E-state index < -0.39 is 16.0 Å². The van der Waals surface area contributed by atoms with Crippen molar-refractivity contribution in [3.63, 3.8) is 0 Å². The summed E-state index contributed by atoms with van der Waals surface area (Å²) in [5, 5.41) is 9.46. The van der Waals surface area contributed by atoms with Gasteiger partial charge in [-0.2, -0.15) is 0 Å². The molecule has 0 unspecified atom stereocenters. The van der Waals surface area contributed by atoms with Crippen LogP contribution in [-0.2, 0) is 10.0 Å². The van der Waals surface area contributed by atoms with E-state index in [-0.39, 0.29) is 14.8 Å². The Kier molecular flexibility index (Phi) is 4.71. The number of hydrogen-bond acceptors (Lipinski definition) is 5. The highest BCUT2D eigenvalue weighted by Crippen LogP contribution is 2.38. The van der Waals surface area contributed by atoms with Gasteiger partial charge in [-0.05, 0) is 48.9 Å². The van der Waals surface area contributed by atoms with Crippen LogP contribution in [0.5, 0.6) is 0 Å². The molecule has 0 saturated carbocycles. The van der Waals surface area contributed by atoms with Gasteiger partial charge in [-0.15, -0.1) is 11.3 Å². The highest BCUT2D eigenvalue weighted by molar-refractivity contribution is 7.93. The Morgan fingerprint density at radius 1 is 1.08 bits per heavy atom. The molecule has 1 aromatic heterocycles. The molecule has 0 aliphatic heterocycles. The lowest BCUT2D eigenvalue weighted by atomic mass is 10.2.